The lowest BCUT2D eigenvalue weighted by atomic mass is 9.95. The topological polar surface area (TPSA) is 83.8 Å². The third-order valence-corrected chi connectivity index (χ3v) is 4.97. The number of hydrogen-bond donors (Lipinski definition) is 2. The lowest BCUT2D eigenvalue weighted by Gasteiger charge is -2.23. The van der Waals surface area contributed by atoms with Crippen LogP contribution in [0.3, 0.4) is 0 Å². The van der Waals surface area contributed by atoms with E-state index in [0.29, 0.717) is 16.5 Å². The van der Waals surface area contributed by atoms with Crippen molar-refractivity contribution in [3.05, 3.63) is 59.0 Å². The molecule has 2 aromatic carbocycles. The molecule has 0 amide bonds. The van der Waals surface area contributed by atoms with Crippen LogP contribution in [0.1, 0.15) is 42.2 Å². The zero-order valence-electron chi connectivity index (χ0n) is 15.0. The van der Waals surface area contributed by atoms with Gasteiger partial charge in [0.1, 0.15) is 0 Å². The number of halogens is 1. The first-order valence-electron chi connectivity index (χ1n) is 8.76. The number of aromatic nitrogens is 4. The maximum Gasteiger partial charge on any atom is 0.335 e. The molecule has 7 heteroatoms. The standard InChI is InChI=1S/C20H19ClN4O2/c1-11(2)5-18(15-8-14(21)6-13-9-23-24-19(13)15)25-10-22-16-7-12(20(26)27)3-4-17(16)25/h3-4,6-11,18H,5H2,1-2H3,(H,23,24)(H,26,27). The zero-order valence-corrected chi connectivity index (χ0v) is 15.7. The van der Waals surface area contributed by atoms with Crippen molar-refractivity contribution in [2.24, 2.45) is 5.92 Å². The van der Waals surface area contributed by atoms with E-state index in [1.807, 2.05) is 18.2 Å². The molecule has 4 aromatic rings. The minimum Gasteiger partial charge on any atom is -0.478 e. The highest BCUT2D eigenvalue weighted by Gasteiger charge is 2.22. The fourth-order valence-electron chi connectivity index (χ4n) is 3.56. The first-order chi connectivity index (χ1) is 12.9. The minimum atomic E-state index is -0.959. The average Bonchev–Trinajstić information content (AvgIpc) is 3.24. The van der Waals surface area contributed by atoms with Crippen LogP contribution in [0, 0.1) is 5.92 Å². The smallest absolute Gasteiger partial charge is 0.335 e. The maximum absolute atomic E-state index is 11.2. The van der Waals surface area contributed by atoms with E-state index < -0.39 is 5.97 Å². The van der Waals surface area contributed by atoms with Crippen molar-refractivity contribution >= 4 is 39.5 Å². The third-order valence-electron chi connectivity index (χ3n) is 4.76. The van der Waals surface area contributed by atoms with Crippen LogP contribution in [0.25, 0.3) is 21.9 Å². The van der Waals surface area contributed by atoms with Gasteiger partial charge in [-0.15, -0.1) is 0 Å². The summed E-state index contributed by atoms with van der Waals surface area (Å²) in [5.41, 5.74) is 3.77. The Hall–Kier alpha value is -2.86. The number of fused-ring (bicyclic) bond motifs is 2. The van der Waals surface area contributed by atoms with Crippen LogP contribution in [0.2, 0.25) is 5.02 Å². The Balaban J connectivity index is 1.91. The summed E-state index contributed by atoms with van der Waals surface area (Å²) in [6, 6.07) is 8.87. The van der Waals surface area contributed by atoms with E-state index in [-0.39, 0.29) is 11.6 Å². The maximum atomic E-state index is 11.2. The number of nitrogens with zero attached hydrogens (tertiary/aromatic N) is 3. The molecule has 138 valence electrons. The van der Waals surface area contributed by atoms with E-state index in [2.05, 4.69) is 33.6 Å². The molecule has 0 saturated heterocycles. The van der Waals surface area contributed by atoms with Gasteiger partial charge in [0.05, 0.1) is 40.7 Å². The van der Waals surface area contributed by atoms with Crippen LogP contribution < -0.4 is 0 Å². The minimum absolute atomic E-state index is 0.00710. The predicted octanol–water partition coefficient (Wildman–Crippen LogP) is 4.90. The second-order valence-electron chi connectivity index (χ2n) is 7.14. The summed E-state index contributed by atoms with van der Waals surface area (Å²) in [6.07, 6.45) is 4.41. The molecule has 2 N–H and O–H groups in total. The SMILES string of the molecule is CC(C)CC(c1cc(Cl)cc2cn[nH]c12)n1cnc2cc(C(=O)O)ccc21. The van der Waals surface area contributed by atoms with E-state index in [9.17, 15) is 9.90 Å². The molecule has 4 rings (SSSR count). The van der Waals surface area contributed by atoms with Gasteiger partial charge in [0.2, 0.25) is 0 Å². The molecular weight excluding hydrogens is 364 g/mol. The molecule has 2 heterocycles. The van der Waals surface area contributed by atoms with Crippen molar-refractivity contribution in [3.8, 4) is 0 Å². The van der Waals surface area contributed by atoms with Crippen molar-refractivity contribution in [2.75, 3.05) is 0 Å². The van der Waals surface area contributed by atoms with E-state index in [0.717, 1.165) is 28.4 Å². The third kappa shape index (κ3) is 3.17. The molecule has 0 bridgehead atoms. The Morgan fingerprint density at radius 2 is 2.11 bits per heavy atom. The number of carbonyl (C=O) groups is 1. The zero-order chi connectivity index (χ0) is 19.1. The van der Waals surface area contributed by atoms with Crippen molar-refractivity contribution in [1.29, 1.82) is 0 Å². The number of rotatable bonds is 5. The molecule has 1 unspecified atom stereocenters. The molecule has 0 saturated carbocycles. The highest BCUT2D eigenvalue weighted by Crippen LogP contribution is 2.35. The Morgan fingerprint density at radius 1 is 1.30 bits per heavy atom. The van der Waals surface area contributed by atoms with Crippen LogP contribution >= 0.6 is 11.6 Å². The summed E-state index contributed by atoms with van der Waals surface area (Å²) in [4.78, 5) is 15.7. The molecule has 1 atom stereocenters. The van der Waals surface area contributed by atoms with Gasteiger partial charge in [-0.3, -0.25) is 5.10 Å². The van der Waals surface area contributed by atoms with Gasteiger partial charge in [0.15, 0.2) is 0 Å². The number of H-pyrrole nitrogens is 1. The van der Waals surface area contributed by atoms with E-state index in [1.165, 1.54) is 0 Å². The second-order valence-corrected chi connectivity index (χ2v) is 7.57. The molecule has 0 aliphatic rings. The number of aromatic amines is 1. The number of carboxylic acids is 1. The van der Waals surface area contributed by atoms with Gasteiger partial charge in [0.25, 0.3) is 0 Å². The van der Waals surface area contributed by atoms with Gasteiger partial charge in [-0.1, -0.05) is 25.4 Å². The molecule has 2 aromatic heterocycles. The average molecular weight is 383 g/mol. The van der Waals surface area contributed by atoms with Gasteiger partial charge in [-0.2, -0.15) is 5.10 Å². The summed E-state index contributed by atoms with van der Waals surface area (Å²) in [5, 5.41) is 18.1. The van der Waals surface area contributed by atoms with Gasteiger partial charge in [-0.25, -0.2) is 9.78 Å². The van der Waals surface area contributed by atoms with Gasteiger partial charge in [-0.05, 0) is 42.7 Å². The lowest BCUT2D eigenvalue weighted by molar-refractivity contribution is 0.0697. The highest BCUT2D eigenvalue weighted by molar-refractivity contribution is 6.31. The van der Waals surface area contributed by atoms with Gasteiger partial charge < -0.3 is 9.67 Å². The number of carboxylic acid groups (broad SMARTS) is 1. The van der Waals surface area contributed by atoms with Gasteiger partial charge >= 0.3 is 5.97 Å². The van der Waals surface area contributed by atoms with Crippen molar-refractivity contribution in [3.63, 3.8) is 0 Å². The lowest BCUT2D eigenvalue weighted by Crippen LogP contribution is -2.13. The molecule has 0 radical (unpaired) electrons. The molecule has 0 spiro atoms. The van der Waals surface area contributed by atoms with Crippen molar-refractivity contribution < 1.29 is 9.90 Å². The van der Waals surface area contributed by atoms with Crippen LogP contribution in [0.4, 0.5) is 0 Å². The molecule has 6 nitrogen and oxygen atoms in total. The quantitative estimate of drug-likeness (QED) is 0.514. The first kappa shape index (κ1) is 17.5. The van der Waals surface area contributed by atoms with Crippen LogP contribution in [0.5, 0.6) is 0 Å². The Kier molecular flexibility index (Phi) is 4.36. The summed E-state index contributed by atoms with van der Waals surface area (Å²) in [5.74, 6) is -0.526. The highest BCUT2D eigenvalue weighted by atomic mass is 35.5. The fourth-order valence-corrected chi connectivity index (χ4v) is 3.80. The van der Waals surface area contributed by atoms with E-state index in [1.54, 1.807) is 24.7 Å². The summed E-state index contributed by atoms with van der Waals surface area (Å²) in [6.45, 7) is 4.34. The number of benzene rings is 2. The molecule has 0 fully saturated rings. The Labute approximate surface area is 160 Å². The number of imidazole rings is 1. The number of nitrogens with one attached hydrogen (secondary N) is 1. The normalized spacial score (nSPS) is 12.9. The van der Waals surface area contributed by atoms with Crippen LogP contribution in [0.15, 0.2) is 42.9 Å². The van der Waals surface area contributed by atoms with E-state index >= 15 is 0 Å². The first-order valence-corrected chi connectivity index (χ1v) is 9.14. The monoisotopic (exact) mass is 382 g/mol. The summed E-state index contributed by atoms with van der Waals surface area (Å²) in [7, 11) is 0. The molecule has 27 heavy (non-hydrogen) atoms. The Morgan fingerprint density at radius 3 is 2.85 bits per heavy atom. The van der Waals surface area contributed by atoms with E-state index in [4.69, 9.17) is 11.6 Å². The van der Waals surface area contributed by atoms with Crippen LogP contribution in [-0.2, 0) is 0 Å². The summed E-state index contributed by atoms with van der Waals surface area (Å²) < 4.78 is 2.09. The van der Waals surface area contributed by atoms with Crippen LogP contribution in [-0.4, -0.2) is 30.8 Å². The number of aromatic carboxylic acids is 1. The van der Waals surface area contributed by atoms with Gasteiger partial charge in [0, 0.05) is 16.0 Å². The molecule has 0 aliphatic carbocycles. The largest absolute Gasteiger partial charge is 0.478 e. The summed E-state index contributed by atoms with van der Waals surface area (Å²) >= 11 is 6.36. The predicted molar refractivity (Wildman–Crippen MR) is 105 cm³/mol. The fraction of sp³-hybridized carbons (Fsp3) is 0.250. The molecule has 0 aliphatic heterocycles. The van der Waals surface area contributed by atoms with Crippen molar-refractivity contribution in [2.45, 2.75) is 26.3 Å². The number of hydrogen-bond acceptors (Lipinski definition) is 3. The van der Waals surface area contributed by atoms with Crippen molar-refractivity contribution in [1.82, 2.24) is 19.7 Å². The second kappa shape index (κ2) is 6.70. The molecular formula is C20H19ClN4O2. The Bertz CT molecular complexity index is 1150.